The van der Waals surface area contributed by atoms with Crippen molar-refractivity contribution in [1.82, 2.24) is 15.0 Å². The zero-order valence-electron chi connectivity index (χ0n) is 11.1. The summed E-state index contributed by atoms with van der Waals surface area (Å²) in [7, 11) is -3.72. The maximum Gasteiger partial charge on any atom is 0.304 e. The normalized spacial score (nSPS) is 11.9. The minimum atomic E-state index is -3.72. The van der Waals surface area contributed by atoms with Gasteiger partial charge >= 0.3 is 4.87 Å². The number of nitrogens with one attached hydrogen (secondary N) is 3. The molecule has 0 bridgehead atoms. The third-order valence-electron chi connectivity index (χ3n) is 2.57. The topological polar surface area (TPSA) is 104 Å². The Labute approximate surface area is 133 Å². The first-order chi connectivity index (χ1) is 9.92. The second-order valence-electron chi connectivity index (χ2n) is 4.13. The highest BCUT2D eigenvalue weighted by Gasteiger charge is 2.22. The lowest BCUT2D eigenvalue weighted by Crippen LogP contribution is -2.23. The van der Waals surface area contributed by atoms with E-state index in [2.05, 4.69) is 31.0 Å². The van der Waals surface area contributed by atoms with Gasteiger partial charge in [0.2, 0.25) is 10.0 Å². The summed E-state index contributed by atoms with van der Waals surface area (Å²) in [5.74, 6) is 0.521. The molecule has 0 saturated heterocycles. The molecule has 0 unspecified atom stereocenters. The molecule has 10 heteroatoms. The zero-order chi connectivity index (χ0) is 15.5. The number of thiazole rings is 1. The number of aromatic nitrogens is 1. The molecule has 0 radical (unpaired) electrons. The van der Waals surface area contributed by atoms with E-state index in [4.69, 9.17) is 4.42 Å². The van der Waals surface area contributed by atoms with Crippen LogP contribution in [0.3, 0.4) is 0 Å². The molecule has 2 aromatic rings. The second-order valence-corrected chi connectivity index (χ2v) is 7.43. The van der Waals surface area contributed by atoms with Gasteiger partial charge in [-0.2, -0.15) is 0 Å². The second kappa shape index (κ2) is 6.88. The lowest BCUT2D eigenvalue weighted by Gasteiger charge is -2.03. The van der Waals surface area contributed by atoms with Crippen molar-refractivity contribution in [3.8, 4) is 0 Å². The Hall–Kier alpha value is -0.940. The molecule has 21 heavy (non-hydrogen) atoms. The molecule has 3 N–H and O–H groups in total. The summed E-state index contributed by atoms with van der Waals surface area (Å²) in [5.41, 5.74) is 0.515. The van der Waals surface area contributed by atoms with E-state index in [1.165, 1.54) is 6.07 Å². The van der Waals surface area contributed by atoms with Crippen LogP contribution in [0.5, 0.6) is 0 Å². The van der Waals surface area contributed by atoms with E-state index in [9.17, 15) is 13.2 Å². The van der Waals surface area contributed by atoms with Crippen LogP contribution in [0.4, 0.5) is 0 Å². The van der Waals surface area contributed by atoms with E-state index >= 15 is 0 Å². The van der Waals surface area contributed by atoms with Gasteiger partial charge < -0.3 is 14.7 Å². The summed E-state index contributed by atoms with van der Waals surface area (Å²) < 4.78 is 32.3. The van der Waals surface area contributed by atoms with Crippen molar-refractivity contribution in [3.63, 3.8) is 0 Å². The summed E-state index contributed by atoms with van der Waals surface area (Å²) in [6.45, 7) is 3.16. The molecule has 2 heterocycles. The summed E-state index contributed by atoms with van der Waals surface area (Å²) in [6.07, 6.45) is 0. The van der Waals surface area contributed by atoms with Gasteiger partial charge in [0.1, 0.15) is 10.7 Å². The van der Waals surface area contributed by atoms with Gasteiger partial charge in [-0.1, -0.05) is 18.3 Å². The molecule has 116 valence electrons. The Morgan fingerprint density at radius 2 is 2.19 bits per heavy atom. The van der Waals surface area contributed by atoms with Crippen molar-refractivity contribution in [3.05, 3.63) is 37.2 Å². The Bertz CT molecular complexity index is 763. The highest BCUT2D eigenvalue weighted by Crippen LogP contribution is 2.26. The van der Waals surface area contributed by atoms with Crippen LogP contribution in [0, 0.1) is 0 Å². The first-order valence-corrected chi connectivity index (χ1v) is 9.23. The smallest absolute Gasteiger partial charge is 0.304 e. The Balaban J connectivity index is 2.11. The Morgan fingerprint density at radius 3 is 2.81 bits per heavy atom. The number of sulfonamides is 1. The van der Waals surface area contributed by atoms with E-state index < -0.39 is 10.0 Å². The maximum atomic E-state index is 12.2. The molecule has 0 aromatic carbocycles. The SMILES string of the molecule is CCNCc1cc(S(=O)(=O)NCc2csc(=O)[nH]2)c(Br)o1. The van der Waals surface area contributed by atoms with Gasteiger partial charge in [-0.3, -0.25) is 4.79 Å². The summed E-state index contributed by atoms with van der Waals surface area (Å²) in [6, 6.07) is 1.46. The van der Waals surface area contributed by atoms with Gasteiger partial charge in [0.15, 0.2) is 4.67 Å². The quantitative estimate of drug-likeness (QED) is 0.656. The average Bonchev–Trinajstić information content (AvgIpc) is 3.00. The lowest BCUT2D eigenvalue weighted by molar-refractivity contribution is 0.464. The lowest BCUT2D eigenvalue weighted by atomic mass is 10.4. The van der Waals surface area contributed by atoms with Gasteiger partial charge in [-0.05, 0) is 22.5 Å². The first kappa shape index (κ1) is 16.4. The monoisotopic (exact) mass is 395 g/mol. The third kappa shape index (κ3) is 4.27. The number of hydrogen-bond donors (Lipinski definition) is 3. The van der Waals surface area contributed by atoms with Gasteiger partial charge in [0, 0.05) is 17.1 Å². The summed E-state index contributed by atoms with van der Waals surface area (Å²) >= 11 is 4.09. The van der Waals surface area contributed by atoms with Gasteiger partial charge in [-0.15, -0.1) is 0 Å². The molecule has 0 aliphatic heterocycles. The van der Waals surface area contributed by atoms with Crippen LogP contribution in [0.15, 0.2) is 30.2 Å². The van der Waals surface area contributed by atoms with Crippen LogP contribution in [-0.4, -0.2) is 19.9 Å². The highest BCUT2D eigenvalue weighted by molar-refractivity contribution is 9.10. The first-order valence-electron chi connectivity index (χ1n) is 6.07. The van der Waals surface area contributed by atoms with E-state index in [1.807, 2.05) is 6.92 Å². The van der Waals surface area contributed by atoms with Crippen LogP contribution >= 0.6 is 27.3 Å². The average molecular weight is 396 g/mol. The minimum absolute atomic E-state index is 0.0151. The summed E-state index contributed by atoms with van der Waals surface area (Å²) in [5, 5.41) is 4.62. The fourth-order valence-electron chi connectivity index (χ4n) is 1.57. The molecule has 7 nitrogen and oxygen atoms in total. The molecule has 0 fully saturated rings. The zero-order valence-corrected chi connectivity index (χ0v) is 14.3. The van der Waals surface area contributed by atoms with Crippen molar-refractivity contribution in [2.75, 3.05) is 6.54 Å². The van der Waals surface area contributed by atoms with E-state index in [0.29, 0.717) is 18.0 Å². The van der Waals surface area contributed by atoms with Crippen molar-refractivity contribution >= 4 is 37.3 Å². The van der Waals surface area contributed by atoms with Crippen LogP contribution < -0.4 is 14.9 Å². The predicted molar refractivity (Wildman–Crippen MR) is 82.8 cm³/mol. The Morgan fingerprint density at radius 1 is 1.43 bits per heavy atom. The number of aromatic amines is 1. The van der Waals surface area contributed by atoms with Crippen LogP contribution in [-0.2, 0) is 23.1 Å². The molecule has 0 spiro atoms. The van der Waals surface area contributed by atoms with Crippen LogP contribution in [0.2, 0.25) is 0 Å². The van der Waals surface area contributed by atoms with E-state index in [1.54, 1.807) is 5.38 Å². The third-order valence-corrected chi connectivity index (χ3v) is 5.55. The Kier molecular flexibility index (Phi) is 5.38. The maximum absolute atomic E-state index is 12.2. The van der Waals surface area contributed by atoms with Crippen LogP contribution in [0.1, 0.15) is 18.4 Å². The number of halogens is 1. The van der Waals surface area contributed by atoms with E-state index in [0.717, 1.165) is 17.9 Å². The largest absolute Gasteiger partial charge is 0.452 e. The molecule has 2 aromatic heterocycles. The fourth-order valence-corrected chi connectivity index (χ4v) is 4.15. The van der Waals surface area contributed by atoms with Gasteiger partial charge in [0.25, 0.3) is 0 Å². The number of hydrogen-bond acceptors (Lipinski definition) is 6. The van der Waals surface area contributed by atoms with Crippen LogP contribution in [0.25, 0.3) is 0 Å². The minimum Gasteiger partial charge on any atom is -0.452 e. The fraction of sp³-hybridized carbons (Fsp3) is 0.364. The number of furan rings is 1. The molecule has 0 saturated carbocycles. The molecular weight excluding hydrogens is 382 g/mol. The van der Waals surface area contributed by atoms with Crippen molar-refractivity contribution < 1.29 is 12.8 Å². The number of H-pyrrole nitrogens is 1. The predicted octanol–water partition coefficient (Wildman–Crippen LogP) is 1.38. The highest BCUT2D eigenvalue weighted by atomic mass is 79.9. The molecular formula is C11H14BrN3O4S2. The van der Waals surface area contributed by atoms with Crippen molar-refractivity contribution in [2.24, 2.45) is 0 Å². The van der Waals surface area contributed by atoms with Crippen molar-refractivity contribution in [2.45, 2.75) is 24.9 Å². The molecule has 0 aliphatic carbocycles. The molecule has 0 aliphatic rings. The molecule has 2 rings (SSSR count). The van der Waals surface area contributed by atoms with Gasteiger partial charge in [-0.25, -0.2) is 13.1 Å². The van der Waals surface area contributed by atoms with E-state index in [-0.39, 0.29) is 21.0 Å². The van der Waals surface area contributed by atoms with Crippen molar-refractivity contribution in [1.29, 1.82) is 0 Å². The molecule has 0 amide bonds. The summed E-state index contributed by atoms with van der Waals surface area (Å²) in [4.78, 5) is 13.4. The number of rotatable bonds is 7. The molecule has 0 atom stereocenters. The van der Waals surface area contributed by atoms with Gasteiger partial charge in [0.05, 0.1) is 13.1 Å². The standard InChI is InChI=1S/C11H14BrN3O4S2/c1-2-13-5-8-3-9(10(12)19-8)21(17,18)14-4-7-6-20-11(16)15-7/h3,6,13-14H,2,4-5H2,1H3,(H,15,16).